The Morgan fingerprint density at radius 2 is 1.30 bits per heavy atom. The van der Waals surface area contributed by atoms with Crippen molar-refractivity contribution in [1.82, 2.24) is 5.32 Å². The fraction of sp³-hybridized carbons (Fsp3) is 0.286. The Morgan fingerprint density at radius 1 is 0.788 bits per heavy atom. The molecule has 0 spiro atoms. The third kappa shape index (κ3) is 7.58. The first-order chi connectivity index (χ1) is 15.7. The third-order valence-electron chi connectivity index (χ3n) is 4.97. The molecule has 0 bridgehead atoms. The van der Waals surface area contributed by atoms with Gasteiger partial charge in [-0.05, 0) is 49.6 Å². The zero-order chi connectivity index (χ0) is 23.8. The Hall–Kier alpha value is -3.44. The van der Waals surface area contributed by atoms with Crippen molar-refractivity contribution in [2.24, 2.45) is 0 Å². The molecule has 33 heavy (non-hydrogen) atoms. The van der Waals surface area contributed by atoms with Crippen molar-refractivity contribution in [3.63, 3.8) is 0 Å². The zero-order valence-corrected chi connectivity index (χ0v) is 19.6. The molecule has 0 heterocycles. The molecular formula is C28H31NO4. The van der Waals surface area contributed by atoms with E-state index < -0.39 is 5.60 Å². The highest BCUT2D eigenvalue weighted by Crippen LogP contribution is 2.29. The molecule has 0 unspecified atom stereocenters. The minimum Gasteiger partial charge on any atom is -0.460 e. The normalized spacial score (nSPS) is 12.3. The van der Waals surface area contributed by atoms with Crippen LogP contribution < -0.4 is 10.1 Å². The van der Waals surface area contributed by atoms with Crippen molar-refractivity contribution in [1.29, 1.82) is 0 Å². The second-order valence-electron chi connectivity index (χ2n) is 8.93. The van der Waals surface area contributed by atoms with Gasteiger partial charge in [0.1, 0.15) is 11.4 Å². The Labute approximate surface area is 195 Å². The number of hydrogen-bond donors (Lipinski definition) is 1. The van der Waals surface area contributed by atoms with Gasteiger partial charge in [-0.1, -0.05) is 72.8 Å². The van der Waals surface area contributed by atoms with Crippen LogP contribution >= 0.6 is 0 Å². The van der Waals surface area contributed by atoms with E-state index in [0.717, 1.165) is 16.7 Å². The molecule has 0 aliphatic heterocycles. The number of benzene rings is 3. The van der Waals surface area contributed by atoms with Crippen LogP contribution in [0, 0.1) is 0 Å². The van der Waals surface area contributed by atoms with Gasteiger partial charge in [-0.15, -0.1) is 0 Å². The summed E-state index contributed by atoms with van der Waals surface area (Å²) < 4.78 is 10.8. The molecule has 0 aromatic heterocycles. The first-order valence-corrected chi connectivity index (χ1v) is 11.1. The molecule has 0 saturated carbocycles. The van der Waals surface area contributed by atoms with Crippen LogP contribution in [0.25, 0.3) is 0 Å². The molecule has 5 nitrogen and oxygen atoms in total. The third-order valence-corrected chi connectivity index (χ3v) is 4.97. The molecular weight excluding hydrogens is 414 g/mol. The van der Waals surface area contributed by atoms with Gasteiger partial charge in [0.05, 0.1) is 12.5 Å². The summed E-state index contributed by atoms with van der Waals surface area (Å²) in [7, 11) is 0. The van der Waals surface area contributed by atoms with Crippen LogP contribution in [-0.4, -0.2) is 17.5 Å². The summed E-state index contributed by atoms with van der Waals surface area (Å²) in [5.41, 5.74) is 2.51. The molecule has 5 heteroatoms. The average molecular weight is 446 g/mol. The van der Waals surface area contributed by atoms with Crippen molar-refractivity contribution in [3.05, 3.63) is 102 Å². The molecule has 0 saturated heterocycles. The fourth-order valence-corrected chi connectivity index (χ4v) is 3.63. The molecule has 0 amide bonds. The summed E-state index contributed by atoms with van der Waals surface area (Å²) in [6.45, 7) is 6.94. The number of esters is 2. The smallest absolute Gasteiger partial charge is 0.308 e. The maximum Gasteiger partial charge on any atom is 0.308 e. The van der Waals surface area contributed by atoms with E-state index >= 15 is 0 Å². The van der Waals surface area contributed by atoms with Crippen LogP contribution in [0.5, 0.6) is 5.75 Å². The van der Waals surface area contributed by atoms with E-state index in [0.29, 0.717) is 5.75 Å². The monoisotopic (exact) mass is 445 g/mol. The van der Waals surface area contributed by atoms with Crippen molar-refractivity contribution < 1.29 is 19.1 Å². The first-order valence-electron chi connectivity index (χ1n) is 11.1. The number of carbonyl (C=O) groups excluding carboxylic acids is 2. The molecule has 1 atom stereocenters. The predicted molar refractivity (Wildman–Crippen MR) is 129 cm³/mol. The molecule has 1 N–H and O–H groups in total. The van der Waals surface area contributed by atoms with Crippen molar-refractivity contribution in [2.75, 3.05) is 0 Å². The maximum atomic E-state index is 12.8. The molecule has 0 aliphatic rings. The van der Waals surface area contributed by atoms with E-state index in [2.05, 4.69) is 29.6 Å². The average Bonchev–Trinajstić information content (AvgIpc) is 2.77. The van der Waals surface area contributed by atoms with Crippen LogP contribution in [0.1, 0.15) is 62.9 Å². The molecule has 3 aromatic carbocycles. The van der Waals surface area contributed by atoms with Gasteiger partial charge in [0.25, 0.3) is 0 Å². The van der Waals surface area contributed by atoms with Crippen molar-refractivity contribution in [3.8, 4) is 5.75 Å². The van der Waals surface area contributed by atoms with E-state index in [4.69, 9.17) is 9.47 Å². The zero-order valence-electron chi connectivity index (χ0n) is 19.6. The van der Waals surface area contributed by atoms with Crippen LogP contribution in [0.2, 0.25) is 0 Å². The largest absolute Gasteiger partial charge is 0.460 e. The van der Waals surface area contributed by atoms with Crippen LogP contribution in [0.3, 0.4) is 0 Å². The summed E-state index contributed by atoms with van der Waals surface area (Å²) in [6, 6.07) is 27.0. The van der Waals surface area contributed by atoms with Gasteiger partial charge in [0.2, 0.25) is 0 Å². The van der Waals surface area contributed by atoms with Gasteiger partial charge in [-0.25, -0.2) is 0 Å². The topological polar surface area (TPSA) is 64.6 Å². The minimum atomic E-state index is -0.570. The van der Waals surface area contributed by atoms with Crippen LogP contribution in [0.15, 0.2) is 84.9 Å². The fourth-order valence-electron chi connectivity index (χ4n) is 3.63. The van der Waals surface area contributed by atoms with Gasteiger partial charge >= 0.3 is 11.9 Å². The van der Waals surface area contributed by atoms with Crippen LogP contribution in [0.4, 0.5) is 0 Å². The maximum absolute atomic E-state index is 12.8. The highest BCUT2D eigenvalue weighted by Gasteiger charge is 2.25. The van der Waals surface area contributed by atoms with E-state index in [-0.39, 0.29) is 30.4 Å². The minimum absolute atomic E-state index is 0.131. The lowest BCUT2D eigenvalue weighted by molar-refractivity contribution is -0.155. The highest BCUT2D eigenvalue weighted by molar-refractivity contribution is 5.71. The van der Waals surface area contributed by atoms with E-state index in [9.17, 15) is 9.59 Å². The summed E-state index contributed by atoms with van der Waals surface area (Å²) in [5.74, 6) is -0.201. The van der Waals surface area contributed by atoms with Gasteiger partial charge in [-0.3, -0.25) is 14.9 Å². The lowest BCUT2D eigenvalue weighted by Crippen LogP contribution is -2.32. The highest BCUT2D eigenvalue weighted by atomic mass is 16.6. The van der Waals surface area contributed by atoms with Crippen LogP contribution in [-0.2, 0) is 14.3 Å². The molecule has 172 valence electrons. The SMILES string of the molecule is CC(=O)Oc1ccc([C@@H](CC(=O)OC(C)(C)C)NC(c2ccccc2)c2ccccc2)cc1. The predicted octanol–water partition coefficient (Wildman–Crippen LogP) is 5.76. The van der Waals surface area contributed by atoms with Gasteiger partial charge < -0.3 is 9.47 Å². The number of ether oxygens (including phenoxy) is 2. The van der Waals surface area contributed by atoms with E-state index in [1.54, 1.807) is 12.1 Å². The number of nitrogens with one attached hydrogen (secondary N) is 1. The second kappa shape index (κ2) is 10.9. The standard InChI is InChI=1S/C28H31NO4/c1-20(30)32-24-17-15-21(16-18-24)25(19-26(31)33-28(2,3)4)29-27(22-11-7-5-8-12-22)23-13-9-6-10-14-23/h5-18,25,27,29H,19H2,1-4H3/t25-/m1/s1. The molecule has 0 radical (unpaired) electrons. The second-order valence-corrected chi connectivity index (χ2v) is 8.93. The lowest BCUT2D eigenvalue weighted by atomic mass is 9.95. The van der Waals surface area contributed by atoms with E-state index in [1.807, 2.05) is 69.3 Å². The van der Waals surface area contributed by atoms with Gasteiger partial charge in [-0.2, -0.15) is 0 Å². The first kappa shape index (κ1) is 24.2. The van der Waals surface area contributed by atoms with E-state index in [1.165, 1.54) is 6.92 Å². The Kier molecular flexibility index (Phi) is 8.01. The summed E-state index contributed by atoms with van der Waals surface area (Å²) in [4.78, 5) is 24.1. The Morgan fingerprint density at radius 3 is 1.76 bits per heavy atom. The van der Waals surface area contributed by atoms with Crippen molar-refractivity contribution in [2.45, 2.75) is 51.8 Å². The van der Waals surface area contributed by atoms with Gasteiger partial charge in [0, 0.05) is 13.0 Å². The Balaban J connectivity index is 1.94. The molecule has 0 fully saturated rings. The summed E-state index contributed by atoms with van der Waals surface area (Å²) in [6.07, 6.45) is 0.153. The summed E-state index contributed by atoms with van der Waals surface area (Å²) >= 11 is 0. The quantitative estimate of drug-likeness (QED) is 0.353. The molecule has 0 aliphatic carbocycles. The van der Waals surface area contributed by atoms with Crippen molar-refractivity contribution >= 4 is 11.9 Å². The summed E-state index contributed by atoms with van der Waals surface area (Å²) in [5, 5.41) is 3.67. The number of hydrogen-bond acceptors (Lipinski definition) is 5. The van der Waals surface area contributed by atoms with Gasteiger partial charge in [0.15, 0.2) is 0 Å². The number of carbonyl (C=O) groups is 2. The lowest BCUT2D eigenvalue weighted by Gasteiger charge is -2.28. The Bertz CT molecular complexity index is 1000. The number of rotatable bonds is 8. The molecule has 3 rings (SSSR count). The molecule has 3 aromatic rings.